The van der Waals surface area contributed by atoms with Crippen molar-refractivity contribution in [3.8, 4) is 0 Å². The first-order valence-electron chi connectivity index (χ1n) is 5.96. The van der Waals surface area contributed by atoms with Crippen LogP contribution in [0.1, 0.15) is 34.1 Å². The van der Waals surface area contributed by atoms with Crippen molar-refractivity contribution in [2.24, 2.45) is 21.9 Å². The summed E-state index contributed by atoms with van der Waals surface area (Å²) in [7, 11) is 0.462. The molecule has 0 spiro atoms. The van der Waals surface area contributed by atoms with Crippen molar-refractivity contribution in [3.63, 3.8) is 0 Å². The molecule has 0 aromatic rings. The summed E-state index contributed by atoms with van der Waals surface area (Å²) in [5.41, 5.74) is 10.9. The van der Waals surface area contributed by atoms with E-state index in [-0.39, 0.29) is 23.6 Å². The van der Waals surface area contributed by atoms with Gasteiger partial charge < -0.3 is 24.7 Å². The fourth-order valence-corrected chi connectivity index (χ4v) is 4.58. The van der Waals surface area contributed by atoms with Gasteiger partial charge in [0, 0.05) is 19.8 Å². The maximum absolute atomic E-state index is 5.69. The van der Waals surface area contributed by atoms with Crippen molar-refractivity contribution in [3.05, 3.63) is 0 Å². The van der Waals surface area contributed by atoms with Crippen LogP contribution in [0.15, 0.2) is 4.99 Å². The Labute approximate surface area is 111 Å². The predicted octanol–water partition coefficient (Wildman–Crippen LogP) is 1.29. The third kappa shape index (κ3) is 5.81. The van der Waals surface area contributed by atoms with Gasteiger partial charge in [0.15, 0.2) is 5.96 Å². The van der Waals surface area contributed by atoms with Gasteiger partial charge in [0.2, 0.25) is 0 Å². The maximum Gasteiger partial charge on any atom is 0.504 e. The van der Waals surface area contributed by atoms with Gasteiger partial charge in [-0.2, -0.15) is 0 Å². The molecule has 1 unspecified atom stereocenters. The fraction of sp³-hybridized carbons (Fsp3) is 0.909. The van der Waals surface area contributed by atoms with Gasteiger partial charge in [0.1, 0.15) is 6.73 Å². The van der Waals surface area contributed by atoms with Gasteiger partial charge in [0.05, 0.1) is 0 Å². The van der Waals surface area contributed by atoms with E-state index < -0.39 is 8.80 Å². The van der Waals surface area contributed by atoms with Gasteiger partial charge in [-0.25, -0.2) is 4.99 Å². The molecule has 6 nitrogen and oxygen atoms in total. The van der Waals surface area contributed by atoms with Crippen LogP contribution >= 0.6 is 0 Å². The van der Waals surface area contributed by atoms with Crippen LogP contribution in [-0.2, 0) is 13.3 Å². The maximum atomic E-state index is 5.69. The highest BCUT2D eigenvalue weighted by molar-refractivity contribution is 6.62. The molecule has 18 heavy (non-hydrogen) atoms. The summed E-state index contributed by atoms with van der Waals surface area (Å²) < 4.78 is 16.7. The van der Waals surface area contributed by atoms with Crippen LogP contribution in [0.3, 0.4) is 0 Å². The Balaban J connectivity index is 4.73. The molecule has 0 radical (unpaired) electrons. The first-order valence-corrected chi connectivity index (χ1v) is 7.76. The quantitative estimate of drug-likeness (QED) is 0.415. The third-order valence-electron chi connectivity index (χ3n) is 2.60. The highest BCUT2D eigenvalue weighted by atomic mass is 28.4. The average Bonchev–Trinajstić information content (AvgIpc) is 2.21. The molecular formula is C11H27N3O3Si. The van der Waals surface area contributed by atoms with Crippen LogP contribution in [0.5, 0.6) is 0 Å². The monoisotopic (exact) mass is 277 g/mol. The van der Waals surface area contributed by atoms with E-state index in [9.17, 15) is 0 Å². The molecule has 0 bridgehead atoms. The zero-order chi connectivity index (χ0) is 14.4. The molecule has 1 atom stereocenters. The summed E-state index contributed by atoms with van der Waals surface area (Å²) in [6.45, 7) is 8.64. The van der Waals surface area contributed by atoms with E-state index in [0.717, 1.165) is 6.42 Å². The van der Waals surface area contributed by atoms with Gasteiger partial charge in [0.25, 0.3) is 0 Å². The van der Waals surface area contributed by atoms with Crippen LogP contribution < -0.4 is 11.5 Å². The molecule has 4 N–H and O–H groups in total. The number of hydrogen-bond acceptors (Lipinski definition) is 4. The molecule has 0 fully saturated rings. The molecule has 0 saturated carbocycles. The minimum absolute atomic E-state index is 0.00594. The Morgan fingerprint density at radius 1 is 1.22 bits per heavy atom. The number of guanidine groups is 1. The van der Waals surface area contributed by atoms with E-state index in [4.69, 9.17) is 24.7 Å². The average molecular weight is 277 g/mol. The lowest BCUT2D eigenvalue weighted by molar-refractivity contribution is 0.0859. The summed E-state index contributed by atoms with van der Waals surface area (Å²) in [4.78, 5) is 3.81. The molecule has 0 aromatic carbocycles. The number of nitrogens with zero attached hydrogens (tertiary/aromatic N) is 1. The Kier molecular flexibility index (Phi) is 6.83. The summed E-state index contributed by atoms with van der Waals surface area (Å²) in [6.07, 6.45) is 0.933. The summed E-state index contributed by atoms with van der Waals surface area (Å²) in [5.74, 6) is -0.00594. The second kappa shape index (κ2) is 7.08. The van der Waals surface area contributed by atoms with Crippen molar-refractivity contribution < 1.29 is 13.3 Å². The largest absolute Gasteiger partial charge is 0.504 e. The number of rotatable bonds is 7. The Bertz CT molecular complexity index is 271. The predicted molar refractivity (Wildman–Crippen MR) is 75.0 cm³/mol. The zero-order valence-corrected chi connectivity index (χ0v) is 13.3. The Morgan fingerprint density at radius 3 is 2.06 bits per heavy atom. The van der Waals surface area contributed by atoms with E-state index >= 15 is 0 Å². The molecule has 0 heterocycles. The van der Waals surface area contributed by atoms with Crippen LogP contribution in [0, 0.1) is 5.41 Å². The Morgan fingerprint density at radius 2 is 1.72 bits per heavy atom. The summed E-state index contributed by atoms with van der Waals surface area (Å²) in [5, 5.41) is 0. The minimum atomic E-state index is -2.74. The molecule has 108 valence electrons. The number of nitrogens with two attached hydrogens (primary N) is 2. The third-order valence-corrected chi connectivity index (χ3v) is 5.68. The van der Waals surface area contributed by atoms with E-state index in [0.29, 0.717) is 0 Å². The fourth-order valence-electron chi connectivity index (χ4n) is 1.99. The molecule has 0 aliphatic carbocycles. The van der Waals surface area contributed by atoms with E-state index in [1.807, 2.05) is 0 Å². The molecule has 0 aliphatic heterocycles. The second-order valence-electron chi connectivity index (χ2n) is 5.53. The lowest BCUT2D eigenvalue weighted by Crippen LogP contribution is -2.48. The molecular weight excluding hydrogens is 250 g/mol. The molecule has 0 aliphatic rings. The van der Waals surface area contributed by atoms with Crippen LogP contribution in [0.25, 0.3) is 0 Å². The van der Waals surface area contributed by atoms with Crippen molar-refractivity contribution in [1.82, 2.24) is 0 Å². The minimum Gasteiger partial charge on any atom is -0.377 e. The Hall–Kier alpha value is -0.633. The van der Waals surface area contributed by atoms with Crippen molar-refractivity contribution in [1.29, 1.82) is 0 Å². The van der Waals surface area contributed by atoms with Crippen LogP contribution in [0.2, 0.25) is 5.54 Å². The number of hydrogen-bond donors (Lipinski definition) is 2. The number of aliphatic imine (C=N–C) groups is 1. The molecule has 7 heteroatoms. The first kappa shape index (κ1) is 17.4. The molecule has 0 amide bonds. The van der Waals surface area contributed by atoms with Gasteiger partial charge in [-0.15, -0.1) is 0 Å². The normalized spacial score (nSPS) is 14.3. The SMILES string of the molecule is CO[Si](OC)(OCN=C(N)N)C(C)CC(C)(C)C. The van der Waals surface area contributed by atoms with Gasteiger partial charge in [-0.3, -0.25) is 0 Å². The van der Waals surface area contributed by atoms with Crippen molar-refractivity contribution in [2.45, 2.75) is 39.7 Å². The highest BCUT2D eigenvalue weighted by Crippen LogP contribution is 2.35. The topological polar surface area (TPSA) is 92.1 Å². The lowest BCUT2D eigenvalue weighted by Gasteiger charge is -2.34. The molecule has 0 saturated heterocycles. The highest BCUT2D eigenvalue weighted by Gasteiger charge is 2.46. The van der Waals surface area contributed by atoms with Crippen LogP contribution in [-0.4, -0.2) is 35.7 Å². The van der Waals surface area contributed by atoms with Crippen molar-refractivity contribution in [2.75, 3.05) is 21.0 Å². The smallest absolute Gasteiger partial charge is 0.377 e. The summed E-state index contributed by atoms with van der Waals surface area (Å²) >= 11 is 0. The molecule has 0 rings (SSSR count). The van der Waals surface area contributed by atoms with Crippen LogP contribution in [0.4, 0.5) is 0 Å². The van der Waals surface area contributed by atoms with Gasteiger partial charge in [-0.1, -0.05) is 27.7 Å². The zero-order valence-electron chi connectivity index (χ0n) is 12.3. The summed E-state index contributed by atoms with van der Waals surface area (Å²) in [6, 6.07) is 0. The lowest BCUT2D eigenvalue weighted by atomic mass is 9.91. The molecule has 0 aromatic heterocycles. The van der Waals surface area contributed by atoms with E-state index in [1.165, 1.54) is 0 Å². The van der Waals surface area contributed by atoms with E-state index in [2.05, 4.69) is 32.7 Å². The second-order valence-corrected chi connectivity index (χ2v) is 8.83. The van der Waals surface area contributed by atoms with Crippen molar-refractivity contribution >= 4 is 14.8 Å². The van der Waals surface area contributed by atoms with Gasteiger partial charge in [-0.05, 0) is 11.8 Å². The van der Waals surface area contributed by atoms with E-state index in [1.54, 1.807) is 14.2 Å². The first-order chi connectivity index (χ1) is 8.17. The standard InChI is InChI=1S/C11H27N3O3Si/c1-9(7-11(2,3)4)18(15-5,16-6)17-8-14-10(12)13/h9H,7-8H2,1-6H3,(H4,12,13,14). The van der Waals surface area contributed by atoms with Gasteiger partial charge >= 0.3 is 8.80 Å².